The van der Waals surface area contributed by atoms with Crippen molar-refractivity contribution in [2.75, 3.05) is 116 Å². The van der Waals surface area contributed by atoms with Gasteiger partial charge in [-0.2, -0.15) is 5.10 Å². The number of thiazole rings is 1. The first-order valence-electron chi connectivity index (χ1n) is 38.6. The van der Waals surface area contributed by atoms with Crippen molar-refractivity contribution in [3.8, 4) is 35.5 Å². The molecule has 3 fully saturated rings. The quantitative estimate of drug-likeness (QED) is 0.0733. The molecule has 18 heteroatoms. The van der Waals surface area contributed by atoms with E-state index < -0.39 is 0 Å². The van der Waals surface area contributed by atoms with Crippen LogP contribution in [0.25, 0.3) is 0 Å². The highest BCUT2D eigenvalue weighted by atomic mass is 32.1. The van der Waals surface area contributed by atoms with Crippen LogP contribution in [0.1, 0.15) is 196 Å². The summed E-state index contributed by atoms with van der Waals surface area (Å²) in [6, 6.07) is 46.3. The van der Waals surface area contributed by atoms with Gasteiger partial charge in [-0.1, -0.05) is 189 Å². The highest BCUT2D eigenvalue weighted by Gasteiger charge is 2.18. The molecule has 0 radical (unpaired) electrons. The predicted molar refractivity (Wildman–Crippen MR) is 454 cm³/mol. The standard InChI is InChI=1S/C25H26N4OS.2C24H25N5O.8C2H6/c1-19-26-17-24(31-19)11-8-20-4-3-5-22(16-20)25(30)27-23-9-6-21(7-10-23)18-29-14-12-28(2)13-15-29;1-28-11-13-29(14-12-28)17-20-6-8-22(9-7-20)27-24(30)21-4-2-3-19(15-21)5-10-23-16-25-18-26-23;1-28-11-13-29(14-12-28)18-20-7-9-23(10-8-20)27-24(30)22-4-2-3-19(15-22)5-6-21-16-25-26-17-21;8*1-2/h3-7,9-10,16-17H,12-15,18H2,1-2H3,(H,27,30);2-4,6-9,15-16,18H,11-14,17H2,1H3,(H,25,26)(H,27,30);2-4,7-10,15-17H,11-14,18H2,1H3,(H,25,26)(H,27,30);8*1-2H3. The number of hydrogen-bond acceptors (Lipinski definition) is 13. The van der Waals surface area contributed by atoms with E-state index in [0.717, 1.165) is 153 Å². The molecule has 0 bridgehead atoms. The maximum absolute atomic E-state index is 12.7. The number of carbonyl (C=O) groups is 3. The highest BCUT2D eigenvalue weighted by molar-refractivity contribution is 7.12. The fraction of sp³-hybridized carbons (Fsp3) is 0.393. The molecule has 6 aromatic carbocycles. The lowest BCUT2D eigenvalue weighted by Crippen LogP contribution is -2.43. The summed E-state index contributed by atoms with van der Waals surface area (Å²) in [5.74, 6) is 17.9. The van der Waals surface area contributed by atoms with Crippen molar-refractivity contribution in [3.05, 3.63) is 248 Å². The van der Waals surface area contributed by atoms with Crippen LogP contribution in [0.5, 0.6) is 0 Å². The lowest BCUT2D eigenvalue weighted by molar-refractivity contribution is 0.101. The Morgan fingerprint density at radius 3 is 1.03 bits per heavy atom. The zero-order valence-corrected chi connectivity index (χ0v) is 68.8. The second-order valence-electron chi connectivity index (χ2n) is 22.9. The van der Waals surface area contributed by atoms with Crippen molar-refractivity contribution >= 4 is 46.1 Å². The Balaban J connectivity index is 0.000000497. The summed E-state index contributed by atoms with van der Waals surface area (Å²) in [7, 11) is 6.49. The summed E-state index contributed by atoms with van der Waals surface area (Å²) in [4.78, 5) is 64.5. The van der Waals surface area contributed by atoms with Gasteiger partial charge in [-0.3, -0.25) is 34.2 Å². The van der Waals surface area contributed by atoms with Gasteiger partial charge in [-0.15, -0.1) is 11.3 Å². The molecule has 5 N–H and O–H groups in total. The van der Waals surface area contributed by atoms with Gasteiger partial charge in [0, 0.05) is 155 Å². The van der Waals surface area contributed by atoms with E-state index >= 15 is 0 Å². The molecular formula is C89H124N14O3S. The minimum absolute atomic E-state index is 0.135. The number of nitrogens with one attached hydrogen (secondary N) is 5. The van der Waals surface area contributed by atoms with Crippen LogP contribution in [-0.4, -0.2) is 172 Å². The molecule has 3 saturated heterocycles. The second-order valence-corrected chi connectivity index (χ2v) is 24.1. The van der Waals surface area contributed by atoms with E-state index in [2.05, 4.69) is 164 Å². The SMILES string of the molecule is CC.CC.CC.CC.CC.CC.CC.CC.CN1CCN(Cc2ccc(NC(=O)c3cccc(C#Cc4cn[nH]c4)c3)cc2)CC1.CN1CCN(Cc2ccc(NC(=O)c3cccc(C#Cc4cnc[nH]4)c3)cc2)CC1.Cc1ncc(C#Cc2cccc(C(=O)Nc3ccc(CN4CCN(C)CC4)cc3)c2)s1. The van der Waals surface area contributed by atoms with Gasteiger partial charge in [0.1, 0.15) is 5.69 Å². The summed E-state index contributed by atoms with van der Waals surface area (Å²) >= 11 is 1.56. The molecule has 9 aromatic rings. The Kier molecular flexibility index (Phi) is 49.3. The first-order chi connectivity index (χ1) is 52.4. The number of amides is 3. The molecule has 3 aliphatic heterocycles. The monoisotopic (exact) mass is 1470 g/mol. The molecule has 6 heterocycles. The molecular weight excluding hydrogens is 1350 g/mol. The van der Waals surface area contributed by atoms with Crippen LogP contribution in [0, 0.1) is 42.4 Å². The number of anilines is 3. The van der Waals surface area contributed by atoms with Crippen molar-refractivity contribution < 1.29 is 14.4 Å². The van der Waals surface area contributed by atoms with Crippen molar-refractivity contribution in [2.24, 2.45) is 0 Å². The number of likely N-dealkylation sites (N-methyl/N-ethyl adjacent to an activating group) is 3. The fourth-order valence-corrected chi connectivity index (χ4v) is 10.8. The second kappa shape index (κ2) is 56.5. The van der Waals surface area contributed by atoms with Gasteiger partial charge in [0.05, 0.1) is 40.4 Å². The molecule has 3 aliphatic rings. The average Bonchev–Trinajstić information content (AvgIpc) is 1.12. The zero-order valence-electron chi connectivity index (χ0n) is 68.0. The summed E-state index contributed by atoms with van der Waals surface area (Å²) in [5, 5.41) is 16.5. The maximum atomic E-state index is 12.7. The van der Waals surface area contributed by atoms with Gasteiger partial charge in [0.15, 0.2) is 0 Å². The average molecular weight is 1470 g/mol. The van der Waals surface area contributed by atoms with E-state index in [4.69, 9.17) is 0 Å². The molecule has 0 spiro atoms. The Labute approximate surface area is 647 Å². The van der Waals surface area contributed by atoms with E-state index in [9.17, 15) is 14.4 Å². The van der Waals surface area contributed by atoms with E-state index in [1.165, 1.54) is 16.7 Å². The van der Waals surface area contributed by atoms with Crippen LogP contribution in [0.4, 0.5) is 17.1 Å². The maximum Gasteiger partial charge on any atom is 0.255 e. The number of piperazine rings is 3. The van der Waals surface area contributed by atoms with Crippen LogP contribution in [-0.2, 0) is 19.6 Å². The largest absolute Gasteiger partial charge is 0.338 e. The molecule has 0 atom stereocenters. The van der Waals surface area contributed by atoms with Crippen LogP contribution >= 0.6 is 11.3 Å². The zero-order chi connectivity index (χ0) is 79.2. The minimum atomic E-state index is -0.146. The van der Waals surface area contributed by atoms with E-state index in [1.807, 2.05) is 197 Å². The topological polar surface area (TPSA) is 177 Å². The lowest BCUT2D eigenvalue weighted by atomic mass is 10.1. The molecule has 17 nitrogen and oxygen atoms in total. The number of aryl methyl sites for hydroxylation is 1. The number of rotatable bonds is 12. The number of nitrogens with zero attached hydrogens (tertiary/aromatic N) is 9. The third-order valence-corrected chi connectivity index (χ3v) is 16.5. The number of carbonyl (C=O) groups excluding carboxylic acids is 3. The normalized spacial score (nSPS) is 12.9. The molecule has 0 aliphatic carbocycles. The fourth-order valence-electron chi connectivity index (χ4n) is 10.2. The number of H-pyrrole nitrogens is 2. The first-order valence-corrected chi connectivity index (χ1v) is 39.4. The Hall–Kier alpha value is -9.78. The van der Waals surface area contributed by atoms with E-state index in [1.54, 1.807) is 72.8 Å². The number of imidazole rings is 1. The Morgan fingerprint density at radius 2 is 0.729 bits per heavy atom. The summed E-state index contributed by atoms with van der Waals surface area (Å²) in [6.45, 7) is 50.0. The van der Waals surface area contributed by atoms with Gasteiger partial charge >= 0.3 is 0 Å². The summed E-state index contributed by atoms with van der Waals surface area (Å²) < 4.78 is 0. The van der Waals surface area contributed by atoms with Crippen LogP contribution in [0.15, 0.2) is 177 Å². The third kappa shape index (κ3) is 35.9. The number of aromatic nitrogens is 5. The smallest absolute Gasteiger partial charge is 0.255 e. The lowest BCUT2D eigenvalue weighted by Gasteiger charge is -2.32. The van der Waals surface area contributed by atoms with Gasteiger partial charge in [-0.05, 0) is 148 Å². The van der Waals surface area contributed by atoms with Gasteiger partial charge in [0.2, 0.25) is 0 Å². The molecule has 0 unspecified atom stereocenters. The van der Waals surface area contributed by atoms with Gasteiger partial charge in [-0.25, -0.2) is 9.97 Å². The van der Waals surface area contributed by atoms with Gasteiger partial charge in [0.25, 0.3) is 17.7 Å². The predicted octanol–water partition coefficient (Wildman–Crippen LogP) is 17.7. The molecule has 574 valence electrons. The summed E-state index contributed by atoms with van der Waals surface area (Å²) in [5.41, 5.74) is 11.8. The third-order valence-electron chi connectivity index (χ3n) is 15.7. The molecule has 12 rings (SSSR count). The first kappa shape index (κ1) is 93.3. The minimum Gasteiger partial charge on any atom is -0.338 e. The van der Waals surface area contributed by atoms with Crippen molar-refractivity contribution in [1.29, 1.82) is 0 Å². The highest BCUT2D eigenvalue weighted by Crippen LogP contribution is 2.19. The molecule has 0 saturated carbocycles. The number of hydrogen-bond donors (Lipinski definition) is 5. The molecule has 107 heavy (non-hydrogen) atoms. The van der Waals surface area contributed by atoms with Crippen molar-refractivity contribution in [3.63, 3.8) is 0 Å². The van der Waals surface area contributed by atoms with Crippen molar-refractivity contribution in [1.82, 2.24) is 54.5 Å². The summed E-state index contributed by atoms with van der Waals surface area (Å²) in [6.07, 6.45) is 8.42. The van der Waals surface area contributed by atoms with Gasteiger partial charge < -0.3 is 35.6 Å². The van der Waals surface area contributed by atoms with E-state index in [0.29, 0.717) is 16.7 Å². The van der Waals surface area contributed by atoms with Crippen LogP contribution < -0.4 is 16.0 Å². The van der Waals surface area contributed by atoms with Crippen LogP contribution in [0.3, 0.4) is 0 Å². The molecule has 3 aromatic heterocycles. The number of benzene rings is 6. The van der Waals surface area contributed by atoms with E-state index in [-0.39, 0.29) is 17.7 Å². The van der Waals surface area contributed by atoms with Crippen molar-refractivity contribution in [2.45, 2.75) is 137 Å². The Morgan fingerprint density at radius 1 is 0.402 bits per heavy atom. The Bertz CT molecular complexity index is 3850. The molecule has 3 amide bonds. The number of aromatic amines is 2. The van der Waals surface area contributed by atoms with Crippen LogP contribution in [0.2, 0.25) is 0 Å².